The van der Waals surface area contributed by atoms with Crippen molar-refractivity contribution in [2.75, 3.05) is 6.54 Å². The minimum atomic E-state index is 0. The Morgan fingerprint density at radius 3 is 2.92 bits per heavy atom. The van der Waals surface area contributed by atoms with Gasteiger partial charge in [0.25, 0.3) is 0 Å². The summed E-state index contributed by atoms with van der Waals surface area (Å²) in [6.45, 7) is 6.26. The number of nitrogens with one attached hydrogen (secondary N) is 2. The van der Waals surface area contributed by atoms with Gasteiger partial charge in [-0.2, -0.15) is 10.2 Å². The Hall–Kier alpha value is -1.72. The van der Waals surface area contributed by atoms with Gasteiger partial charge in [-0.3, -0.25) is 4.68 Å². The van der Waals surface area contributed by atoms with Gasteiger partial charge < -0.3 is 10.6 Å². The first-order chi connectivity index (χ1) is 11.7. The van der Waals surface area contributed by atoms with Crippen LogP contribution in [0.3, 0.4) is 0 Å². The number of aryl methyl sites for hydroxylation is 3. The number of guanidine groups is 1. The van der Waals surface area contributed by atoms with Gasteiger partial charge in [0.15, 0.2) is 11.8 Å². The van der Waals surface area contributed by atoms with E-state index >= 15 is 0 Å². The molecule has 25 heavy (non-hydrogen) atoms. The molecular weight excluding hydrogens is 433 g/mol. The van der Waals surface area contributed by atoms with E-state index in [1.165, 1.54) is 0 Å². The summed E-state index contributed by atoms with van der Waals surface area (Å²) in [6.07, 6.45) is 4.38. The Labute approximate surface area is 164 Å². The number of aliphatic imine (C=N–C) groups is 1. The molecule has 1 atom stereocenters. The molecule has 0 spiro atoms. The highest BCUT2D eigenvalue weighted by atomic mass is 127. The molecule has 2 aromatic heterocycles. The van der Waals surface area contributed by atoms with Crippen LogP contribution >= 0.6 is 24.0 Å². The highest BCUT2D eigenvalue weighted by Gasteiger charge is 2.22. The third-order valence-electron chi connectivity index (χ3n) is 4.09. The van der Waals surface area contributed by atoms with E-state index in [1.807, 2.05) is 11.7 Å². The molecule has 0 amide bonds. The summed E-state index contributed by atoms with van der Waals surface area (Å²) in [5, 5.41) is 15.4. The normalized spacial score (nSPS) is 16.9. The van der Waals surface area contributed by atoms with Crippen LogP contribution < -0.4 is 10.6 Å². The fraction of sp³-hybridized carbons (Fsp3) is 0.667. The number of fused-ring (bicyclic) bond motifs is 1. The first-order valence-corrected chi connectivity index (χ1v) is 8.49. The van der Waals surface area contributed by atoms with Crippen molar-refractivity contribution >= 4 is 29.9 Å². The maximum Gasteiger partial charge on any atom is 0.191 e. The number of rotatable bonds is 5. The van der Waals surface area contributed by atoms with E-state index in [9.17, 15) is 0 Å². The predicted octanol–water partition coefficient (Wildman–Crippen LogP) is 0.657. The molecule has 3 heterocycles. The Morgan fingerprint density at radius 1 is 1.40 bits per heavy atom. The van der Waals surface area contributed by atoms with E-state index < -0.39 is 0 Å². The average Bonchev–Trinajstić information content (AvgIpc) is 3.18. The maximum absolute atomic E-state index is 4.61. The zero-order valence-corrected chi connectivity index (χ0v) is 17.3. The molecule has 1 unspecified atom stereocenters. The number of hydrogen-bond acceptors (Lipinski definition) is 5. The van der Waals surface area contributed by atoms with Crippen molar-refractivity contribution < 1.29 is 0 Å². The van der Waals surface area contributed by atoms with Crippen molar-refractivity contribution in [1.29, 1.82) is 0 Å². The van der Waals surface area contributed by atoms with Crippen molar-refractivity contribution in [2.24, 2.45) is 12.0 Å². The van der Waals surface area contributed by atoms with Crippen LogP contribution in [0.4, 0.5) is 0 Å². The number of hydrogen-bond donors (Lipinski definition) is 2. The molecule has 0 fully saturated rings. The minimum absolute atomic E-state index is 0. The van der Waals surface area contributed by atoms with Crippen molar-refractivity contribution in [1.82, 2.24) is 40.2 Å². The largest absolute Gasteiger partial charge is 0.357 e. The molecule has 0 radical (unpaired) electrons. The van der Waals surface area contributed by atoms with Gasteiger partial charge in [0.2, 0.25) is 0 Å². The third-order valence-corrected chi connectivity index (χ3v) is 4.09. The number of halogens is 1. The molecule has 2 aromatic rings. The molecule has 3 rings (SSSR count). The van der Waals surface area contributed by atoms with Crippen LogP contribution in [0.15, 0.2) is 11.3 Å². The summed E-state index contributed by atoms with van der Waals surface area (Å²) >= 11 is 0. The smallest absolute Gasteiger partial charge is 0.191 e. The summed E-state index contributed by atoms with van der Waals surface area (Å²) in [7, 11) is 1.87. The first-order valence-electron chi connectivity index (χ1n) is 8.49. The molecule has 9 nitrogen and oxygen atoms in total. The molecular formula is C15H26IN9. The lowest BCUT2D eigenvalue weighted by molar-refractivity contribution is 0.392. The second-order valence-electron chi connectivity index (χ2n) is 5.85. The molecule has 0 aliphatic carbocycles. The van der Waals surface area contributed by atoms with Crippen molar-refractivity contribution in [3.8, 4) is 0 Å². The molecule has 138 valence electrons. The molecule has 2 N–H and O–H groups in total. The second-order valence-corrected chi connectivity index (χ2v) is 5.85. The van der Waals surface area contributed by atoms with Gasteiger partial charge in [-0.1, -0.05) is 6.92 Å². The second kappa shape index (κ2) is 9.11. The van der Waals surface area contributed by atoms with E-state index in [-0.39, 0.29) is 24.0 Å². The Balaban J connectivity index is 0.00000225. The number of aromatic nitrogens is 6. The zero-order valence-electron chi connectivity index (χ0n) is 14.9. The van der Waals surface area contributed by atoms with E-state index in [4.69, 9.17) is 0 Å². The summed E-state index contributed by atoms with van der Waals surface area (Å²) in [4.78, 5) is 13.4. The van der Waals surface area contributed by atoms with Crippen LogP contribution in [0, 0.1) is 0 Å². The van der Waals surface area contributed by atoms with Crippen molar-refractivity contribution in [2.45, 2.75) is 52.2 Å². The average molecular weight is 459 g/mol. The van der Waals surface area contributed by atoms with Gasteiger partial charge in [-0.25, -0.2) is 19.6 Å². The summed E-state index contributed by atoms with van der Waals surface area (Å²) < 4.78 is 3.76. The topological polar surface area (TPSA) is 97.8 Å². The highest BCUT2D eigenvalue weighted by molar-refractivity contribution is 14.0. The van der Waals surface area contributed by atoms with Crippen molar-refractivity contribution in [3.63, 3.8) is 0 Å². The molecule has 1 aliphatic rings. The molecule has 0 saturated carbocycles. The summed E-state index contributed by atoms with van der Waals surface area (Å²) in [5.41, 5.74) is 0. The number of nitrogens with zero attached hydrogens (tertiary/aromatic N) is 7. The standard InChI is InChI=1S/C15H25N9.HI/c1-4-12-21-13-7-6-11(9-24(13)22-12)20-15(16-5-2)17-8-14-18-10-19-23(14)3;/h10-11H,4-9H2,1-3H3,(H2,16,17,20);1H. The van der Waals surface area contributed by atoms with Crippen LogP contribution in [-0.4, -0.2) is 48.1 Å². The van der Waals surface area contributed by atoms with Gasteiger partial charge in [-0.15, -0.1) is 24.0 Å². The van der Waals surface area contributed by atoms with Gasteiger partial charge in [0.1, 0.15) is 24.5 Å². The monoisotopic (exact) mass is 459 g/mol. The van der Waals surface area contributed by atoms with Crippen LogP contribution in [0.5, 0.6) is 0 Å². The maximum atomic E-state index is 4.61. The summed E-state index contributed by atoms with van der Waals surface area (Å²) in [5.74, 6) is 3.64. The van der Waals surface area contributed by atoms with E-state index in [0.29, 0.717) is 12.6 Å². The molecule has 0 aromatic carbocycles. The fourth-order valence-corrected chi connectivity index (χ4v) is 2.75. The van der Waals surface area contributed by atoms with E-state index in [0.717, 1.165) is 55.8 Å². The quantitative estimate of drug-likeness (QED) is 0.388. The first kappa shape index (κ1) is 19.6. The van der Waals surface area contributed by atoms with E-state index in [1.54, 1.807) is 11.0 Å². The lowest BCUT2D eigenvalue weighted by Crippen LogP contribution is -2.47. The van der Waals surface area contributed by atoms with E-state index in [2.05, 4.69) is 49.6 Å². The Bertz CT molecular complexity index is 706. The predicted molar refractivity (Wildman–Crippen MR) is 106 cm³/mol. The van der Waals surface area contributed by atoms with Crippen LogP contribution in [0.2, 0.25) is 0 Å². The Morgan fingerprint density at radius 2 is 2.24 bits per heavy atom. The third kappa shape index (κ3) is 4.89. The lowest BCUT2D eigenvalue weighted by Gasteiger charge is -2.25. The van der Waals surface area contributed by atoms with Gasteiger partial charge >= 0.3 is 0 Å². The molecule has 1 aliphatic heterocycles. The minimum Gasteiger partial charge on any atom is -0.357 e. The molecule has 10 heteroatoms. The van der Waals surface area contributed by atoms with Crippen LogP contribution in [0.1, 0.15) is 37.7 Å². The van der Waals surface area contributed by atoms with Crippen LogP contribution in [-0.2, 0) is 33.0 Å². The lowest BCUT2D eigenvalue weighted by atomic mass is 10.1. The van der Waals surface area contributed by atoms with Gasteiger partial charge in [0, 0.05) is 32.5 Å². The van der Waals surface area contributed by atoms with Gasteiger partial charge in [0.05, 0.1) is 6.54 Å². The molecule has 0 saturated heterocycles. The fourth-order valence-electron chi connectivity index (χ4n) is 2.75. The Kier molecular flexibility index (Phi) is 7.14. The van der Waals surface area contributed by atoms with Crippen molar-refractivity contribution in [3.05, 3.63) is 23.8 Å². The SMILES string of the molecule is CCNC(=NCc1ncnn1C)NC1CCc2nc(CC)nn2C1.I. The summed E-state index contributed by atoms with van der Waals surface area (Å²) in [6, 6.07) is 0.293. The zero-order chi connectivity index (χ0) is 16.9. The van der Waals surface area contributed by atoms with Gasteiger partial charge in [-0.05, 0) is 13.3 Å². The molecule has 0 bridgehead atoms. The van der Waals surface area contributed by atoms with Crippen LogP contribution in [0.25, 0.3) is 0 Å². The highest BCUT2D eigenvalue weighted by Crippen LogP contribution is 2.13.